The monoisotopic (exact) mass is 330 g/mol. The van der Waals surface area contributed by atoms with Crippen LogP contribution in [0.5, 0.6) is 0 Å². The molecule has 2 fully saturated rings. The second-order valence-electron chi connectivity index (χ2n) is 6.90. The fourth-order valence-electron chi connectivity index (χ4n) is 3.76. The number of carbonyl (C=O) groups excluding carboxylic acids is 1. The Morgan fingerprint density at radius 3 is 2.55 bits per heavy atom. The molecule has 5 nitrogen and oxygen atoms in total. The third-order valence-corrected chi connectivity index (χ3v) is 7.04. The average Bonchev–Trinajstić information content (AvgIpc) is 2.72. The highest BCUT2D eigenvalue weighted by molar-refractivity contribution is 7.89. The highest BCUT2D eigenvalue weighted by Crippen LogP contribution is 2.30. The summed E-state index contributed by atoms with van der Waals surface area (Å²) in [6, 6.07) is 0. The van der Waals surface area contributed by atoms with Crippen LogP contribution in [0.1, 0.15) is 52.4 Å². The van der Waals surface area contributed by atoms with Gasteiger partial charge in [-0.05, 0) is 31.1 Å². The van der Waals surface area contributed by atoms with Crippen molar-refractivity contribution in [2.75, 3.05) is 31.9 Å². The first-order chi connectivity index (χ1) is 10.4. The van der Waals surface area contributed by atoms with Crippen LogP contribution in [0.25, 0.3) is 0 Å². The van der Waals surface area contributed by atoms with Crippen molar-refractivity contribution in [3.8, 4) is 0 Å². The van der Waals surface area contributed by atoms with Crippen molar-refractivity contribution in [2.24, 2.45) is 11.8 Å². The van der Waals surface area contributed by atoms with E-state index < -0.39 is 10.0 Å². The first kappa shape index (κ1) is 17.7. The van der Waals surface area contributed by atoms with Gasteiger partial charge in [0.05, 0.1) is 5.75 Å². The number of hydrogen-bond acceptors (Lipinski definition) is 3. The summed E-state index contributed by atoms with van der Waals surface area (Å²) in [5, 5.41) is 0. The molecule has 0 spiro atoms. The molecule has 0 N–H and O–H groups in total. The molecule has 0 aromatic carbocycles. The van der Waals surface area contributed by atoms with Gasteiger partial charge in [-0.2, -0.15) is 0 Å². The molecule has 1 saturated carbocycles. The van der Waals surface area contributed by atoms with Gasteiger partial charge in [0.25, 0.3) is 0 Å². The van der Waals surface area contributed by atoms with Crippen LogP contribution in [-0.4, -0.2) is 55.5 Å². The van der Waals surface area contributed by atoms with Crippen LogP contribution in [0.4, 0.5) is 0 Å². The number of sulfonamides is 1. The molecule has 1 saturated heterocycles. The Bertz CT molecular complexity index is 478. The van der Waals surface area contributed by atoms with Crippen molar-refractivity contribution in [3.63, 3.8) is 0 Å². The lowest BCUT2D eigenvalue weighted by Gasteiger charge is -2.29. The molecule has 0 radical (unpaired) electrons. The normalized spacial score (nSPS) is 28.4. The number of hydrogen-bond donors (Lipinski definition) is 0. The fourth-order valence-corrected chi connectivity index (χ4v) is 5.64. The highest BCUT2D eigenvalue weighted by Gasteiger charge is 2.30. The molecule has 0 bridgehead atoms. The van der Waals surface area contributed by atoms with Gasteiger partial charge in [0, 0.05) is 32.6 Å². The molecule has 2 atom stereocenters. The number of nitrogens with zero attached hydrogens (tertiary/aromatic N) is 2. The predicted molar refractivity (Wildman–Crippen MR) is 88.0 cm³/mol. The zero-order valence-corrected chi connectivity index (χ0v) is 14.8. The first-order valence-electron chi connectivity index (χ1n) is 8.68. The van der Waals surface area contributed by atoms with Gasteiger partial charge in [0.1, 0.15) is 0 Å². The second kappa shape index (κ2) is 7.77. The van der Waals surface area contributed by atoms with E-state index in [1.165, 1.54) is 6.42 Å². The van der Waals surface area contributed by atoms with Gasteiger partial charge in [0.15, 0.2) is 0 Å². The Morgan fingerprint density at radius 2 is 1.86 bits per heavy atom. The average molecular weight is 330 g/mol. The van der Waals surface area contributed by atoms with Crippen molar-refractivity contribution < 1.29 is 13.2 Å². The van der Waals surface area contributed by atoms with Crippen molar-refractivity contribution >= 4 is 15.9 Å². The largest absolute Gasteiger partial charge is 0.341 e. The molecule has 1 heterocycles. The number of rotatable bonds is 4. The van der Waals surface area contributed by atoms with Crippen LogP contribution in [0.2, 0.25) is 0 Å². The van der Waals surface area contributed by atoms with E-state index in [2.05, 4.69) is 6.92 Å². The van der Waals surface area contributed by atoms with Gasteiger partial charge in [-0.25, -0.2) is 12.7 Å². The van der Waals surface area contributed by atoms with Crippen LogP contribution >= 0.6 is 0 Å². The second-order valence-corrected chi connectivity index (χ2v) is 8.92. The maximum absolute atomic E-state index is 12.7. The summed E-state index contributed by atoms with van der Waals surface area (Å²) in [7, 11) is -3.19. The van der Waals surface area contributed by atoms with E-state index in [1.54, 1.807) is 9.21 Å². The fraction of sp³-hybridized carbons (Fsp3) is 0.938. The topological polar surface area (TPSA) is 57.7 Å². The molecule has 1 aliphatic carbocycles. The van der Waals surface area contributed by atoms with E-state index in [0.29, 0.717) is 50.2 Å². The Morgan fingerprint density at radius 1 is 1.09 bits per heavy atom. The lowest BCUT2D eigenvalue weighted by molar-refractivity contribution is -0.130. The summed E-state index contributed by atoms with van der Waals surface area (Å²) in [6.45, 7) is 6.30. The molecule has 0 aromatic heterocycles. The minimum atomic E-state index is -3.19. The van der Waals surface area contributed by atoms with Gasteiger partial charge >= 0.3 is 0 Å². The highest BCUT2D eigenvalue weighted by atomic mass is 32.2. The Hall–Kier alpha value is -0.620. The summed E-state index contributed by atoms with van der Waals surface area (Å²) < 4.78 is 27.0. The molecule has 2 unspecified atom stereocenters. The maximum Gasteiger partial charge on any atom is 0.222 e. The molecule has 6 heteroatoms. The van der Waals surface area contributed by atoms with Crippen LogP contribution in [0, 0.1) is 11.8 Å². The smallest absolute Gasteiger partial charge is 0.222 e. The predicted octanol–water partition coefficient (Wildman–Crippen LogP) is 2.09. The third kappa shape index (κ3) is 4.69. The molecule has 128 valence electrons. The van der Waals surface area contributed by atoms with Gasteiger partial charge in [-0.1, -0.05) is 26.7 Å². The van der Waals surface area contributed by atoms with E-state index in [0.717, 1.165) is 25.7 Å². The van der Waals surface area contributed by atoms with Gasteiger partial charge in [0.2, 0.25) is 15.9 Å². The number of amides is 1. The van der Waals surface area contributed by atoms with E-state index in [9.17, 15) is 13.2 Å². The van der Waals surface area contributed by atoms with Gasteiger partial charge in [-0.3, -0.25) is 4.79 Å². The van der Waals surface area contributed by atoms with Crippen molar-refractivity contribution in [1.82, 2.24) is 9.21 Å². The van der Waals surface area contributed by atoms with E-state index in [4.69, 9.17) is 0 Å². The summed E-state index contributed by atoms with van der Waals surface area (Å²) >= 11 is 0. The quantitative estimate of drug-likeness (QED) is 0.793. The van der Waals surface area contributed by atoms with Crippen LogP contribution < -0.4 is 0 Å². The zero-order valence-electron chi connectivity index (χ0n) is 14.0. The van der Waals surface area contributed by atoms with E-state index >= 15 is 0 Å². The van der Waals surface area contributed by atoms with Crippen LogP contribution in [-0.2, 0) is 14.8 Å². The summed E-state index contributed by atoms with van der Waals surface area (Å²) in [5.41, 5.74) is 0. The molecule has 0 aromatic rings. The summed E-state index contributed by atoms with van der Waals surface area (Å²) in [5.74, 6) is 1.38. The lowest BCUT2D eigenvalue weighted by Crippen LogP contribution is -2.39. The molecule has 2 aliphatic rings. The minimum absolute atomic E-state index is 0.125. The summed E-state index contributed by atoms with van der Waals surface area (Å²) in [6.07, 6.45) is 5.69. The third-order valence-electron chi connectivity index (χ3n) is 4.99. The molecular formula is C16H30N2O3S. The standard InChI is InChI=1S/C16H30N2O3S/c1-3-16(19)17-8-5-9-18(11-10-17)22(20,21)13-15-7-4-6-14(2)12-15/h14-15H,3-13H2,1-2H3. The molecule has 22 heavy (non-hydrogen) atoms. The van der Waals surface area contributed by atoms with Crippen molar-refractivity contribution in [1.29, 1.82) is 0 Å². The van der Waals surface area contributed by atoms with Crippen molar-refractivity contribution in [3.05, 3.63) is 0 Å². The Balaban J connectivity index is 1.93. The minimum Gasteiger partial charge on any atom is -0.341 e. The lowest BCUT2D eigenvalue weighted by atomic mass is 9.83. The maximum atomic E-state index is 12.7. The SMILES string of the molecule is CCC(=O)N1CCCN(S(=O)(=O)CC2CCCC(C)C2)CC1. The van der Waals surface area contributed by atoms with Gasteiger partial charge < -0.3 is 4.90 Å². The molecule has 2 rings (SSSR count). The zero-order chi connectivity index (χ0) is 16.2. The van der Waals surface area contributed by atoms with Crippen LogP contribution in [0.3, 0.4) is 0 Å². The van der Waals surface area contributed by atoms with Gasteiger partial charge in [-0.15, -0.1) is 0 Å². The summed E-state index contributed by atoms with van der Waals surface area (Å²) in [4.78, 5) is 13.6. The van der Waals surface area contributed by atoms with E-state index in [1.807, 2.05) is 6.92 Å². The van der Waals surface area contributed by atoms with Crippen LogP contribution in [0.15, 0.2) is 0 Å². The Labute approximate surface area is 135 Å². The van der Waals surface area contributed by atoms with E-state index in [-0.39, 0.29) is 5.91 Å². The molecule has 1 aliphatic heterocycles. The number of carbonyl (C=O) groups is 1. The molecular weight excluding hydrogens is 300 g/mol. The first-order valence-corrected chi connectivity index (χ1v) is 10.3. The molecule has 1 amide bonds. The Kier molecular flexibility index (Phi) is 6.26. The van der Waals surface area contributed by atoms with Crippen molar-refractivity contribution in [2.45, 2.75) is 52.4 Å².